The average molecular weight is 160 g/mol. The molecule has 0 saturated heterocycles. The van der Waals surface area contributed by atoms with Gasteiger partial charge in [0.2, 0.25) is 0 Å². The lowest BCUT2D eigenvalue weighted by Gasteiger charge is -2.10. The smallest absolute Gasteiger partial charge is 0.141 e. The summed E-state index contributed by atoms with van der Waals surface area (Å²) in [5, 5.41) is 7.51. The maximum absolute atomic E-state index is 11.0. The summed E-state index contributed by atoms with van der Waals surface area (Å²) in [6.07, 6.45) is 8.14. The maximum atomic E-state index is 11.0. The summed E-state index contributed by atoms with van der Waals surface area (Å²) in [6.45, 7) is 0. The molecule has 0 aromatic carbocycles. The molecule has 0 atom stereocenters. The first-order valence-electron chi connectivity index (χ1n) is 3.84. The van der Waals surface area contributed by atoms with Crippen LogP contribution >= 0.6 is 0 Å². The number of azo groups is 1. The van der Waals surface area contributed by atoms with Crippen LogP contribution in [-0.2, 0) is 4.79 Å². The first-order chi connectivity index (χ1) is 5.86. The molecule has 1 heterocycles. The molecule has 1 aliphatic heterocycles. The van der Waals surface area contributed by atoms with Crippen molar-refractivity contribution in [1.82, 2.24) is 0 Å². The van der Waals surface area contributed by atoms with Crippen molar-refractivity contribution in [2.45, 2.75) is 12.8 Å². The quantitative estimate of drug-likeness (QED) is 0.535. The Balaban J connectivity index is 2.41. The largest absolute Gasteiger partial charge is 0.299 e. The molecule has 0 unspecified atom stereocenters. The number of carbonyl (C=O) groups excluding carboxylic acids is 1. The highest BCUT2D eigenvalue weighted by atomic mass is 16.1. The topological polar surface area (TPSA) is 41.8 Å². The Morgan fingerprint density at radius 2 is 2.25 bits per heavy atom. The molecular weight excluding hydrogens is 152 g/mol. The van der Waals surface area contributed by atoms with E-state index in [-0.39, 0.29) is 5.78 Å². The van der Waals surface area contributed by atoms with Crippen LogP contribution in [0.15, 0.2) is 45.9 Å². The number of nitrogens with zero attached hydrogens (tertiary/aromatic N) is 2. The molecule has 0 spiro atoms. The van der Waals surface area contributed by atoms with E-state index in [1.165, 1.54) is 0 Å². The van der Waals surface area contributed by atoms with Gasteiger partial charge in [0.15, 0.2) is 0 Å². The van der Waals surface area contributed by atoms with Crippen LogP contribution < -0.4 is 0 Å². The molecule has 2 rings (SSSR count). The van der Waals surface area contributed by atoms with Crippen LogP contribution in [0.3, 0.4) is 0 Å². The van der Waals surface area contributed by atoms with E-state index >= 15 is 0 Å². The molecule has 0 amide bonds. The van der Waals surface area contributed by atoms with Crippen molar-refractivity contribution in [3.8, 4) is 0 Å². The Labute approximate surface area is 70.2 Å². The molecule has 3 nitrogen and oxygen atoms in total. The van der Waals surface area contributed by atoms with Gasteiger partial charge in [-0.05, 0) is 17.2 Å². The normalized spacial score (nSPS) is 21.2. The van der Waals surface area contributed by atoms with Gasteiger partial charge in [-0.3, -0.25) is 4.79 Å². The third kappa shape index (κ3) is 1.25. The van der Waals surface area contributed by atoms with Gasteiger partial charge >= 0.3 is 0 Å². The molecule has 0 aromatic rings. The highest BCUT2D eigenvalue weighted by Gasteiger charge is 2.14. The predicted molar refractivity (Wildman–Crippen MR) is 44.4 cm³/mol. The number of allylic oxidation sites excluding steroid dienone is 4. The third-order valence-corrected chi connectivity index (χ3v) is 1.91. The number of hydrogen-bond acceptors (Lipinski definition) is 3. The standard InChI is InChI=1S/C9H8N2O/c12-9-2-1-7-3-4-10-11-6-8(7)5-9/h1,3-4,6H,2,5H2. The fourth-order valence-electron chi connectivity index (χ4n) is 1.29. The summed E-state index contributed by atoms with van der Waals surface area (Å²) < 4.78 is 0. The van der Waals surface area contributed by atoms with Crippen LogP contribution in [-0.4, -0.2) is 5.78 Å². The molecule has 1 aliphatic carbocycles. The van der Waals surface area contributed by atoms with Crippen LogP contribution in [0.1, 0.15) is 12.8 Å². The first kappa shape index (κ1) is 7.16. The summed E-state index contributed by atoms with van der Waals surface area (Å²) in [5.74, 6) is 0.246. The van der Waals surface area contributed by atoms with Crippen LogP contribution in [0, 0.1) is 0 Å². The minimum absolute atomic E-state index is 0.246. The van der Waals surface area contributed by atoms with Gasteiger partial charge in [-0.2, -0.15) is 10.2 Å². The van der Waals surface area contributed by atoms with E-state index < -0.39 is 0 Å². The predicted octanol–water partition coefficient (Wildman–Crippen LogP) is 2.14. The van der Waals surface area contributed by atoms with Gasteiger partial charge in [0.1, 0.15) is 5.78 Å². The van der Waals surface area contributed by atoms with E-state index in [1.54, 1.807) is 12.4 Å². The second kappa shape index (κ2) is 2.85. The van der Waals surface area contributed by atoms with Crippen molar-refractivity contribution in [3.63, 3.8) is 0 Å². The zero-order chi connectivity index (χ0) is 8.39. The lowest BCUT2D eigenvalue weighted by atomic mass is 9.93. The van der Waals surface area contributed by atoms with Gasteiger partial charge in [0.05, 0.1) is 12.4 Å². The molecule has 0 saturated carbocycles. The number of ketones is 1. The zero-order valence-electron chi connectivity index (χ0n) is 6.53. The first-order valence-corrected chi connectivity index (χ1v) is 3.84. The molecule has 0 radical (unpaired) electrons. The number of rotatable bonds is 0. The van der Waals surface area contributed by atoms with E-state index in [4.69, 9.17) is 0 Å². The van der Waals surface area contributed by atoms with Crippen LogP contribution in [0.25, 0.3) is 0 Å². The molecule has 2 aliphatic rings. The lowest BCUT2D eigenvalue weighted by Crippen LogP contribution is -2.05. The molecule has 0 fully saturated rings. The van der Waals surface area contributed by atoms with Crippen molar-refractivity contribution in [3.05, 3.63) is 35.7 Å². The van der Waals surface area contributed by atoms with Crippen molar-refractivity contribution >= 4 is 5.78 Å². The third-order valence-electron chi connectivity index (χ3n) is 1.91. The molecular formula is C9H8N2O. The van der Waals surface area contributed by atoms with Gasteiger partial charge in [0, 0.05) is 12.8 Å². The maximum Gasteiger partial charge on any atom is 0.141 e. The highest BCUT2D eigenvalue weighted by Crippen LogP contribution is 2.24. The lowest BCUT2D eigenvalue weighted by molar-refractivity contribution is -0.117. The second-order valence-corrected chi connectivity index (χ2v) is 2.78. The minimum Gasteiger partial charge on any atom is -0.299 e. The number of carbonyl (C=O) groups is 1. The second-order valence-electron chi connectivity index (χ2n) is 2.78. The van der Waals surface area contributed by atoms with E-state index in [0.717, 1.165) is 11.1 Å². The summed E-state index contributed by atoms with van der Waals surface area (Å²) >= 11 is 0. The average Bonchev–Trinajstić information content (AvgIpc) is 2.28. The van der Waals surface area contributed by atoms with Gasteiger partial charge in [-0.15, -0.1) is 0 Å². The molecule has 12 heavy (non-hydrogen) atoms. The molecule has 0 bridgehead atoms. The van der Waals surface area contributed by atoms with E-state index in [9.17, 15) is 4.79 Å². The van der Waals surface area contributed by atoms with Crippen LogP contribution in [0.5, 0.6) is 0 Å². The summed E-state index contributed by atoms with van der Waals surface area (Å²) in [4.78, 5) is 11.0. The van der Waals surface area contributed by atoms with Crippen molar-refractivity contribution < 1.29 is 4.79 Å². The van der Waals surface area contributed by atoms with Gasteiger partial charge in [-0.1, -0.05) is 6.08 Å². The molecule has 0 N–H and O–H groups in total. The fraction of sp³-hybridized carbons (Fsp3) is 0.222. The van der Waals surface area contributed by atoms with Gasteiger partial charge in [0.25, 0.3) is 0 Å². The van der Waals surface area contributed by atoms with E-state index in [0.29, 0.717) is 12.8 Å². The van der Waals surface area contributed by atoms with Crippen molar-refractivity contribution in [2.24, 2.45) is 10.2 Å². The number of hydrogen-bond donors (Lipinski definition) is 0. The summed E-state index contributed by atoms with van der Waals surface area (Å²) in [6, 6.07) is 0. The Morgan fingerprint density at radius 1 is 1.33 bits per heavy atom. The summed E-state index contributed by atoms with van der Waals surface area (Å²) in [7, 11) is 0. The highest BCUT2D eigenvalue weighted by molar-refractivity contribution is 5.86. The monoisotopic (exact) mass is 160 g/mol. The molecule has 0 aromatic heterocycles. The van der Waals surface area contributed by atoms with Gasteiger partial charge < -0.3 is 0 Å². The van der Waals surface area contributed by atoms with E-state index in [1.807, 2.05) is 12.2 Å². The summed E-state index contributed by atoms with van der Waals surface area (Å²) in [5.41, 5.74) is 2.06. The molecule has 3 heteroatoms. The van der Waals surface area contributed by atoms with E-state index in [2.05, 4.69) is 10.2 Å². The Bertz CT molecular complexity index is 334. The van der Waals surface area contributed by atoms with Gasteiger partial charge in [-0.25, -0.2) is 0 Å². The Morgan fingerprint density at radius 3 is 3.17 bits per heavy atom. The number of Topliss-reactive ketones (excluding diaryl/α,β-unsaturated/α-hetero) is 1. The molecule has 60 valence electrons. The number of fused-ring (bicyclic) bond motifs is 1. The van der Waals surface area contributed by atoms with Crippen LogP contribution in [0.2, 0.25) is 0 Å². The minimum atomic E-state index is 0.246. The SMILES string of the molecule is O=C1CC=C2C=CN=NC=C2C1. The van der Waals surface area contributed by atoms with Crippen molar-refractivity contribution in [2.75, 3.05) is 0 Å². The van der Waals surface area contributed by atoms with Crippen molar-refractivity contribution in [1.29, 1.82) is 0 Å². The fourth-order valence-corrected chi connectivity index (χ4v) is 1.29. The zero-order valence-corrected chi connectivity index (χ0v) is 6.53. The van der Waals surface area contributed by atoms with Crippen LogP contribution in [0.4, 0.5) is 0 Å². The Hall–Kier alpha value is -1.51. The Kier molecular flexibility index (Phi) is 1.70.